The Morgan fingerprint density at radius 2 is 1.87 bits per heavy atom. The largest absolute Gasteiger partial charge is 0.497 e. The normalized spacial score (nSPS) is 17.8. The minimum atomic E-state index is -0.456. The first-order valence-electron chi connectivity index (χ1n) is 8.62. The molecule has 1 fully saturated rings. The zero-order valence-corrected chi connectivity index (χ0v) is 15.0. The number of aliphatic hydroxyl groups is 1. The summed E-state index contributed by atoms with van der Waals surface area (Å²) in [6.07, 6.45) is 3.33. The molecule has 1 aliphatic rings. The lowest BCUT2D eigenvalue weighted by molar-refractivity contribution is 0.0611. The first-order chi connectivity index (χ1) is 10.9. The number of aliphatic hydroxyl groups excluding tert-OH is 1. The van der Waals surface area contributed by atoms with Gasteiger partial charge in [-0.05, 0) is 49.5 Å². The Labute approximate surface area is 140 Å². The van der Waals surface area contributed by atoms with Crippen molar-refractivity contribution >= 4 is 0 Å². The summed E-state index contributed by atoms with van der Waals surface area (Å²) in [5.41, 5.74) is 1.06. The molecule has 4 nitrogen and oxygen atoms in total. The molecule has 0 saturated carbocycles. The summed E-state index contributed by atoms with van der Waals surface area (Å²) in [7, 11) is 1.67. The standard InChI is InChI=1S/C19H31NO3/c1-19(2,3)17-12-16(22-4)8-9-18(17)23-14-15(21)13-20-10-6-5-7-11-20/h8-9,12,15,21H,5-7,10-11,13-14H2,1-4H3/t15-/m0/s1. The van der Waals surface area contributed by atoms with Crippen molar-refractivity contribution in [3.8, 4) is 11.5 Å². The molecule has 1 heterocycles. The van der Waals surface area contributed by atoms with Gasteiger partial charge in [0.15, 0.2) is 0 Å². The van der Waals surface area contributed by atoms with Crippen LogP contribution in [0.3, 0.4) is 0 Å². The van der Waals surface area contributed by atoms with Gasteiger partial charge < -0.3 is 19.5 Å². The van der Waals surface area contributed by atoms with Crippen LogP contribution in [0, 0.1) is 0 Å². The second-order valence-electron chi connectivity index (χ2n) is 7.44. The highest BCUT2D eigenvalue weighted by Gasteiger charge is 2.21. The molecule has 23 heavy (non-hydrogen) atoms. The molecule has 1 atom stereocenters. The molecule has 0 bridgehead atoms. The third-order valence-electron chi connectivity index (χ3n) is 4.34. The molecule has 2 rings (SSSR count). The van der Waals surface area contributed by atoms with E-state index < -0.39 is 6.10 Å². The lowest BCUT2D eigenvalue weighted by Gasteiger charge is -2.29. The first-order valence-corrected chi connectivity index (χ1v) is 8.62. The molecule has 0 radical (unpaired) electrons. The molecule has 1 aromatic carbocycles. The van der Waals surface area contributed by atoms with Crippen molar-refractivity contribution in [3.63, 3.8) is 0 Å². The number of likely N-dealkylation sites (tertiary alicyclic amines) is 1. The Hall–Kier alpha value is -1.26. The van der Waals surface area contributed by atoms with E-state index in [4.69, 9.17) is 9.47 Å². The summed E-state index contributed by atoms with van der Waals surface area (Å²) in [6, 6.07) is 5.86. The van der Waals surface area contributed by atoms with Gasteiger partial charge in [0.25, 0.3) is 0 Å². The van der Waals surface area contributed by atoms with Crippen LogP contribution in [0.25, 0.3) is 0 Å². The predicted octanol–water partition coefficient (Wildman–Crippen LogP) is 3.22. The lowest BCUT2D eigenvalue weighted by Crippen LogP contribution is -2.38. The van der Waals surface area contributed by atoms with Crippen molar-refractivity contribution < 1.29 is 14.6 Å². The van der Waals surface area contributed by atoms with Gasteiger partial charge in [0.05, 0.1) is 7.11 Å². The van der Waals surface area contributed by atoms with E-state index in [1.807, 2.05) is 18.2 Å². The van der Waals surface area contributed by atoms with Crippen molar-refractivity contribution in [2.75, 3.05) is 33.4 Å². The molecule has 0 aliphatic carbocycles. The van der Waals surface area contributed by atoms with E-state index in [1.165, 1.54) is 19.3 Å². The van der Waals surface area contributed by atoms with Gasteiger partial charge in [0.2, 0.25) is 0 Å². The summed E-state index contributed by atoms with van der Waals surface area (Å²) >= 11 is 0. The number of ether oxygens (including phenoxy) is 2. The summed E-state index contributed by atoms with van der Waals surface area (Å²) in [5, 5.41) is 10.3. The van der Waals surface area contributed by atoms with Gasteiger partial charge in [-0.2, -0.15) is 0 Å². The highest BCUT2D eigenvalue weighted by atomic mass is 16.5. The average molecular weight is 321 g/mol. The lowest BCUT2D eigenvalue weighted by atomic mass is 9.86. The van der Waals surface area contributed by atoms with E-state index in [2.05, 4.69) is 25.7 Å². The molecule has 0 amide bonds. The van der Waals surface area contributed by atoms with Gasteiger partial charge in [0, 0.05) is 12.1 Å². The number of hydrogen-bond acceptors (Lipinski definition) is 4. The SMILES string of the molecule is COc1ccc(OC[C@@H](O)CN2CCCCC2)c(C(C)(C)C)c1. The highest BCUT2D eigenvalue weighted by Crippen LogP contribution is 2.34. The maximum absolute atomic E-state index is 10.3. The topological polar surface area (TPSA) is 41.9 Å². The molecule has 1 N–H and O–H groups in total. The molecular weight excluding hydrogens is 290 g/mol. The molecule has 1 aromatic rings. The summed E-state index contributed by atoms with van der Waals surface area (Å²) in [5.74, 6) is 1.66. The van der Waals surface area contributed by atoms with Crippen LogP contribution < -0.4 is 9.47 Å². The van der Waals surface area contributed by atoms with Crippen LogP contribution in [0.15, 0.2) is 18.2 Å². The number of piperidine rings is 1. The minimum Gasteiger partial charge on any atom is -0.497 e. The van der Waals surface area contributed by atoms with Crippen molar-refractivity contribution in [1.29, 1.82) is 0 Å². The fourth-order valence-corrected chi connectivity index (χ4v) is 3.03. The zero-order valence-electron chi connectivity index (χ0n) is 15.0. The first kappa shape index (κ1) is 18.1. The van der Waals surface area contributed by atoms with E-state index in [1.54, 1.807) is 7.11 Å². The van der Waals surface area contributed by atoms with Gasteiger partial charge >= 0.3 is 0 Å². The number of nitrogens with zero attached hydrogens (tertiary/aromatic N) is 1. The maximum atomic E-state index is 10.3. The van der Waals surface area contributed by atoms with Crippen molar-refractivity contribution in [2.45, 2.75) is 51.6 Å². The van der Waals surface area contributed by atoms with Crippen molar-refractivity contribution in [1.82, 2.24) is 4.90 Å². The molecule has 130 valence electrons. The third-order valence-corrected chi connectivity index (χ3v) is 4.34. The average Bonchev–Trinajstić information content (AvgIpc) is 2.53. The van der Waals surface area contributed by atoms with E-state index in [0.29, 0.717) is 13.2 Å². The molecule has 4 heteroatoms. The second-order valence-corrected chi connectivity index (χ2v) is 7.44. The van der Waals surface area contributed by atoms with Crippen LogP contribution in [0.2, 0.25) is 0 Å². The fraction of sp³-hybridized carbons (Fsp3) is 0.684. The third kappa shape index (κ3) is 5.40. The Morgan fingerprint density at radius 3 is 2.48 bits per heavy atom. The molecule has 0 spiro atoms. The minimum absolute atomic E-state index is 0.0400. The van der Waals surface area contributed by atoms with Crippen LogP contribution in [0.4, 0.5) is 0 Å². The van der Waals surface area contributed by atoms with Crippen LogP contribution >= 0.6 is 0 Å². The van der Waals surface area contributed by atoms with E-state index in [9.17, 15) is 5.11 Å². The van der Waals surface area contributed by atoms with Crippen molar-refractivity contribution in [2.24, 2.45) is 0 Å². The van der Waals surface area contributed by atoms with Crippen LogP contribution in [-0.4, -0.2) is 49.5 Å². The highest BCUT2D eigenvalue weighted by molar-refractivity contribution is 5.44. The van der Waals surface area contributed by atoms with Gasteiger partial charge in [-0.3, -0.25) is 0 Å². The smallest absolute Gasteiger partial charge is 0.123 e. The second kappa shape index (κ2) is 8.02. The molecule has 0 unspecified atom stereocenters. The maximum Gasteiger partial charge on any atom is 0.123 e. The van der Waals surface area contributed by atoms with Gasteiger partial charge in [0.1, 0.15) is 24.2 Å². The van der Waals surface area contributed by atoms with Gasteiger partial charge in [-0.1, -0.05) is 27.2 Å². The summed E-state index contributed by atoms with van der Waals surface area (Å²) in [6.45, 7) is 9.66. The van der Waals surface area contributed by atoms with E-state index in [-0.39, 0.29) is 5.41 Å². The number of benzene rings is 1. The van der Waals surface area contributed by atoms with Gasteiger partial charge in [-0.25, -0.2) is 0 Å². The summed E-state index contributed by atoms with van der Waals surface area (Å²) < 4.78 is 11.3. The molecule has 1 aliphatic heterocycles. The predicted molar refractivity (Wildman–Crippen MR) is 93.5 cm³/mol. The Kier molecular flexibility index (Phi) is 6.31. The number of rotatable bonds is 6. The molecule has 1 saturated heterocycles. The Balaban J connectivity index is 1.96. The van der Waals surface area contributed by atoms with E-state index >= 15 is 0 Å². The quantitative estimate of drug-likeness (QED) is 0.873. The van der Waals surface area contributed by atoms with Crippen LogP contribution in [0.1, 0.15) is 45.6 Å². The number of hydrogen-bond donors (Lipinski definition) is 1. The van der Waals surface area contributed by atoms with Crippen LogP contribution in [0.5, 0.6) is 11.5 Å². The van der Waals surface area contributed by atoms with Gasteiger partial charge in [-0.15, -0.1) is 0 Å². The number of β-amino-alcohol motifs (C(OH)–C–C–N with tert-alkyl or cyclic N) is 1. The van der Waals surface area contributed by atoms with Crippen molar-refractivity contribution in [3.05, 3.63) is 23.8 Å². The number of methoxy groups -OCH3 is 1. The summed E-state index contributed by atoms with van der Waals surface area (Å²) in [4.78, 5) is 2.33. The molecule has 0 aromatic heterocycles. The fourth-order valence-electron chi connectivity index (χ4n) is 3.03. The molecular formula is C19H31NO3. The Bertz CT molecular complexity index is 490. The Morgan fingerprint density at radius 1 is 1.17 bits per heavy atom. The van der Waals surface area contributed by atoms with Crippen LogP contribution in [-0.2, 0) is 5.41 Å². The zero-order chi connectivity index (χ0) is 16.9. The monoisotopic (exact) mass is 321 g/mol. The van der Waals surface area contributed by atoms with E-state index in [0.717, 1.165) is 30.2 Å².